The Balaban J connectivity index is 1.51. The first-order chi connectivity index (χ1) is 15.3. The molecule has 0 saturated carbocycles. The van der Waals surface area contributed by atoms with Crippen molar-refractivity contribution in [3.8, 4) is 0 Å². The molecule has 1 aliphatic heterocycles. The van der Waals surface area contributed by atoms with Crippen molar-refractivity contribution in [2.75, 3.05) is 18.4 Å². The Morgan fingerprint density at radius 1 is 1.09 bits per heavy atom. The first kappa shape index (κ1) is 22.6. The Bertz CT molecular complexity index is 1250. The SMILES string of the molecule is Cc1ccc(C)c(S(=O)(=O)N2CCC[C@H](c3nnc(C(=O)Nc4ccccc4C)s3)C2)c1. The van der Waals surface area contributed by atoms with Crippen molar-refractivity contribution in [2.45, 2.75) is 44.4 Å². The van der Waals surface area contributed by atoms with E-state index >= 15 is 0 Å². The van der Waals surface area contributed by atoms with Crippen molar-refractivity contribution >= 4 is 33.0 Å². The molecule has 1 N–H and O–H groups in total. The normalized spacial score (nSPS) is 17.3. The number of nitrogens with zero attached hydrogens (tertiary/aromatic N) is 3. The van der Waals surface area contributed by atoms with Gasteiger partial charge in [0.2, 0.25) is 15.0 Å². The van der Waals surface area contributed by atoms with Crippen LogP contribution in [-0.2, 0) is 10.0 Å². The molecule has 0 bridgehead atoms. The summed E-state index contributed by atoms with van der Waals surface area (Å²) in [7, 11) is -3.60. The predicted octanol–water partition coefficient (Wildman–Crippen LogP) is 4.28. The van der Waals surface area contributed by atoms with Crippen LogP contribution in [0.1, 0.15) is 50.3 Å². The van der Waals surface area contributed by atoms with Gasteiger partial charge in [0.25, 0.3) is 5.91 Å². The van der Waals surface area contributed by atoms with E-state index < -0.39 is 10.0 Å². The Morgan fingerprint density at radius 3 is 2.66 bits per heavy atom. The number of rotatable bonds is 5. The van der Waals surface area contributed by atoms with Crippen molar-refractivity contribution in [2.24, 2.45) is 0 Å². The van der Waals surface area contributed by atoms with Gasteiger partial charge in [-0.05, 0) is 62.4 Å². The van der Waals surface area contributed by atoms with Crippen LogP contribution in [-0.4, -0.2) is 41.9 Å². The molecule has 0 radical (unpaired) electrons. The van der Waals surface area contributed by atoms with Crippen molar-refractivity contribution < 1.29 is 13.2 Å². The van der Waals surface area contributed by atoms with Crippen LogP contribution in [0.4, 0.5) is 5.69 Å². The average molecular weight is 471 g/mol. The summed E-state index contributed by atoms with van der Waals surface area (Å²) in [5.74, 6) is -0.389. The van der Waals surface area contributed by atoms with Crippen LogP contribution in [0.3, 0.4) is 0 Å². The second-order valence-electron chi connectivity index (χ2n) is 8.19. The third-order valence-corrected chi connectivity index (χ3v) is 8.81. The standard InChI is InChI=1S/C23H26N4O3S2/c1-15-10-11-17(3)20(13-15)32(29,30)27-12-6-8-18(14-27)22-25-26-23(31-22)21(28)24-19-9-5-4-7-16(19)2/h4-5,7,9-11,13,18H,6,8,12,14H2,1-3H3,(H,24,28)/t18-/m0/s1. The number of nitrogens with one attached hydrogen (secondary N) is 1. The summed E-state index contributed by atoms with van der Waals surface area (Å²) in [5.41, 5.74) is 3.35. The number of benzene rings is 2. The van der Waals surface area contributed by atoms with Crippen molar-refractivity contribution in [1.29, 1.82) is 0 Å². The number of carbonyl (C=O) groups excluding carboxylic acids is 1. The highest BCUT2D eigenvalue weighted by molar-refractivity contribution is 7.89. The summed E-state index contributed by atoms with van der Waals surface area (Å²) in [6, 6.07) is 13.0. The maximum absolute atomic E-state index is 13.3. The van der Waals surface area contributed by atoms with Gasteiger partial charge in [-0.25, -0.2) is 8.42 Å². The highest BCUT2D eigenvalue weighted by Gasteiger charge is 2.33. The fourth-order valence-electron chi connectivity index (χ4n) is 3.87. The second-order valence-corrected chi connectivity index (χ2v) is 11.1. The van der Waals surface area contributed by atoms with E-state index in [0.29, 0.717) is 23.0 Å². The average Bonchev–Trinajstić information content (AvgIpc) is 3.27. The molecule has 0 unspecified atom stereocenters. The third-order valence-electron chi connectivity index (χ3n) is 5.72. The highest BCUT2D eigenvalue weighted by Crippen LogP contribution is 2.33. The van der Waals surface area contributed by atoms with Gasteiger partial charge in [0.1, 0.15) is 5.01 Å². The van der Waals surface area contributed by atoms with E-state index in [9.17, 15) is 13.2 Å². The Hall–Kier alpha value is -2.62. The molecule has 2 aromatic carbocycles. The zero-order valence-corrected chi connectivity index (χ0v) is 20.0. The molecular formula is C23H26N4O3S2. The lowest BCUT2D eigenvalue weighted by Crippen LogP contribution is -2.39. The second kappa shape index (κ2) is 9.09. The number of hydrogen-bond acceptors (Lipinski definition) is 6. The summed E-state index contributed by atoms with van der Waals surface area (Å²) in [6.45, 7) is 6.45. The van der Waals surface area contributed by atoms with Gasteiger partial charge in [0, 0.05) is 24.7 Å². The van der Waals surface area contributed by atoms with E-state index in [-0.39, 0.29) is 16.8 Å². The molecule has 1 aromatic heterocycles. The first-order valence-corrected chi connectivity index (χ1v) is 12.8. The minimum atomic E-state index is -3.60. The topological polar surface area (TPSA) is 92.3 Å². The number of sulfonamides is 1. The third kappa shape index (κ3) is 4.60. The van der Waals surface area contributed by atoms with Gasteiger partial charge >= 0.3 is 0 Å². The van der Waals surface area contributed by atoms with Crippen molar-refractivity contribution in [3.63, 3.8) is 0 Å². The van der Waals surface area contributed by atoms with Gasteiger partial charge in [-0.1, -0.05) is 41.7 Å². The van der Waals surface area contributed by atoms with Gasteiger partial charge in [-0.3, -0.25) is 4.79 Å². The minimum absolute atomic E-state index is 0.0823. The van der Waals surface area contributed by atoms with Crippen molar-refractivity contribution in [1.82, 2.24) is 14.5 Å². The number of carbonyl (C=O) groups is 1. The van der Waals surface area contributed by atoms with Crippen LogP contribution < -0.4 is 5.32 Å². The molecular weight excluding hydrogens is 444 g/mol. The molecule has 2 heterocycles. The molecule has 7 nitrogen and oxygen atoms in total. The number of aryl methyl sites for hydroxylation is 3. The number of piperidine rings is 1. The summed E-state index contributed by atoms with van der Waals surface area (Å²) >= 11 is 1.23. The molecule has 1 atom stereocenters. The predicted molar refractivity (Wildman–Crippen MR) is 126 cm³/mol. The van der Waals surface area contributed by atoms with Gasteiger partial charge in [0.15, 0.2) is 0 Å². The minimum Gasteiger partial charge on any atom is -0.320 e. The Kier molecular flexibility index (Phi) is 6.41. The van der Waals surface area contributed by atoms with Gasteiger partial charge in [-0.2, -0.15) is 4.31 Å². The van der Waals surface area contributed by atoms with Gasteiger partial charge < -0.3 is 5.32 Å². The van der Waals surface area contributed by atoms with Crippen LogP contribution in [0.2, 0.25) is 0 Å². The molecule has 0 spiro atoms. The van der Waals surface area contributed by atoms with E-state index in [4.69, 9.17) is 0 Å². The number of anilines is 1. The molecule has 4 rings (SSSR count). The lowest BCUT2D eigenvalue weighted by Gasteiger charge is -2.31. The number of aromatic nitrogens is 2. The number of amides is 1. The largest absolute Gasteiger partial charge is 0.320 e. The maximum atomic E-state index is 13.3. The monoisotopic (exact) mass is 470 g/mol. The van der Waals surface area contributed by atoms with Crippen LogP contribution in [0.5, 0.6) is 0 Å². The molecule has 168 valence electrons. The maximum Gasteiger partial charge on any atom is 0.286 e. The van der Waals surface area contributed by atoms with E-state index in [1.165, 1.54) is 15.6 Å². The molecule has 1 saturated heterocycles. The van der Waals surface area contributed by atoms with Gasteiger partial charge in [0.05, 0.1) is 4.90 Å². The summed E-state index contributed by atoms with van der Waals surface area (Å²) in [5, 5.41) is 12.2. The van der Waals surface area contributed by atoms with E-state index in [1.54, 1.807) is 6.07 Å². The fraction of sp³-hybridized carbons (Fsp3) is 0.348. The number of para-hydroxylation sites is 1. The molecule has 1 aliphatic rings. The van der Waals surface area contributed by atoms with E-state index in [2.05, 4.69) is 15.5 Å². The number of hydrogen-bond donors (Lipinski definition) is 1. The van der Waals surface area contributed by atoms with E-state index in [1.807, 2.05) is 57.2 Å². The molecule has 0 aliphatic carbocycles. The molecule has 1 fully saturated rings. The summed E-state index contributed by atoms with van der Waals surface area (Å²) in [4.78, 5) is 13.0. The van der Waals surface area contributed by atoms with Crippen LogP contribution in [0.25, 0.3) is 0 Å². The van der Waals surface area contributed by atoms with Crippen LogP contribution in [0.15, 0.2) is 47.4 Å². The molecule has 32 heavy (non-hydrogen) atoms. The lowest BCUT2D eigenvalue weighted by atomic mass is 10.0. The van der Waals surface area contributed by atoms with Crippen LogP contribution >= 0.6 is 11.3 Å². The fourth-order valence-corrected chi connectivity index (χ4v) is 6.56. The van der Waals surface area contributed by atoms with E-state index in [0.717, 1.165) is 35.2 Å². The zero-order chi connectivity index (χ0) is 22.9. The highest BCUT2D eigenvalue weighted by atomic mass is 32.2. The quantitative estimate of drug-likeness (QED) is 0.601. The van der Waals surface area contributed by atoms with Crippen molar-refractivity contribution in [3.05, 3.63) is 69.2 Å². The molecule has 3 aromatic rings. The van der Waals surface area contributed by atoms with Crippen LogP contribution in [0, 0.1) is 20.8 Å². The Labute approximate surface area is 192 Å². The Morgan fingerprint density at radius 2 is 1.88 bits per heavy atom. The first-order valence-electron chi connectivity index (χ1n) is 10.5. The molecule has 1 amide bonds. The van der Waals surface area contributed by atoms with Gasteiger partial charge in [-0.15, -0.1) is 10.2 Å². The smallest absolute Gasteiger partial charge is 0.286 e. The summed E-state index contributed by atoms with van der Waals surface area (Å²) < 4.78 is 28.2. The zero-order valence-electron chi connectivity index (χ0n) is 18.3. The lowest BCUT2D eigenvalue weighted by molar-refractivity contribution is 0.102. The summed E-state index contributed by atoms with van der Waals surface area (Å²) in [6.07, 6.45) is 1.55. The molecule has 9 heteroatoms.